The van der Waals surface area contributed by atoms with Crippen molar-refractivity contribution >= 4 is 0 Å². The molecular formula is C11H22N2O. The second-order valence-electron chi connectivity index (χ2n) is 4.85. The Morgan fingerprint density at radius 1 is 1.50 bits per heavy atom. The first-order valence-electron chi connectivity index (χ1n) is 5.87. The summed E-state index contributed by atoms with van der Waals surface area (Å²) >= 11 is 0. The van der Waals surface area contributed by atoms with Crippen LogP contribution in [0.1, 0.15) is 39.0 Å². The lowest BCUT2D eigenvalue weighted by Crippen LogP contribution is -2.52. The highest BCUT2D eigenvalue weighted by molar-refractivity contribution is 5.06. The molecule has 3 heteroatoms. The molecule has 0 aromatic heterocycles. The standard InChI is InChI=1S/C11H22N2O/c1-2-10-11(12,6-8-14)5-7-13(10)9-3-4-9/h9-10,14H,2-8,12H2,1H3. The summed E-state index contributed by atoms with van der Waals surface area (Å²) in [4.78, 5) is 2.58. The molecule has 2 aliphatic rings. The molecule has 0 amide bonds. The zero-order valence-electron chi connectivity index (χ0n) is 9.08. The van der Waals surface area contributed by atoms with Crippen LogP contribution >= 0.6 is 0 Å². The molecule has 0 bridgehead atoms. The molecule has 2 rings (SSSR count). The van der Waals surface area contributed by atoms with Crippen LogP contribution in [0.5, 0.6) is 0 Å². The number of aliphatic hydroxyl groups is 1. The summed E-state index contributed by atoms with van der Waals surface area (Å²) < 4.78 is 0. The van der Waals surface area contributed by atoms with Gasteiger partial charge in [0.15, 0.2) is 0 Å². The van der Waals surface area contributed by atoms with Gasteiger partial charge < -0.3 is 10.8 Å². The smallest absolute Gasteiger partial charge is 0.0449 e. The molecular weight excluding hydrogens is 176 g/mol. The van der Waals surface area contributed by atoms with Crippen molar-refractivity contribution in [2.75, 3.05) is 13.2 Å². The molecule has 2 atom stereocenters. The van der Waals surface area contributed by atoms with Crippen molar-refractivity contribution in [3.63, 3.8) is 0 Å². The van der Waals surface area contributed by atoms with Gasteiger partial charge in [0.05, 0.1) is 0 Å². The van der Waals surface area contributed by atoms with Crippen LogP contribution in [0.25, 0.3) is 0 Å². The van der Waals surface area contributed by atoms with Crippen LogP contribution in [0.2, 0.25) is 0 Å². The molecule has 82 valence electrons. The first-order valence-corrected chi connectivity index (χ1v) is 5.87. The normalized spacial score (nSPS) is 39.2. The molecule has 0 aromatic carbocycles. The predicted molar refractivity (Wildman–Crippen MR) is 57.0 cm³/mol. The third-order valence-corrected chi connectivity index (χ3v) is 3.88. The van der Waals surface area contributed by atoms with E-state index in [0.717, 1.165) is 31.8 Å². The van der Waals surface area contributed by atoms with Gasteiger partial charge in [0.1, 0.15) is 0 Å². The lowest BCUT2D eigenvalue weighted by molar-refractivity contribution is 0.163. The third kappa shape index (κ3) is 1.69. The van der Waals surface area contributed by atoms with E-state index in [1.54, 1.807) is 0 Å². The van der Waals surface area contributed by atoms with Gasteiger partial charge in [-0.25, -0.2) is 0 Å². The van der Waals surface area contributed by atoms with E-state index in [2.05, 4.69) is 11.8 Å². The number of rotatable bonds is 4. The first-order chi connectivity index (χ1) is 6.71. The summed E-state index contributed by atoms with van der Waals surface area (Å²) in [5.41, 5.74) is 6.26. The molecule has 1 saturated heterocycles. The maximum absolute atomic E-state index is 9.05. The van der Waals surface area contributed by atoms with Crippen molar-refractivity contribution in [3.8, 4) is 0 Å². The fourth-order valence-electron chi connectivity index (χ4n) is 2.97. The van der Waals surface area contributed by atoms with Crippen LogP contribution in [-0.2, 0) is 0 Å². The molecule has 2 unspecified atom stereocenters. The van der Waals surface area contributed by atoms with Crippen LogP contribution in [0, 0.1) is 0 Å². The molecule has 14 heavy (non-hydrogen) atoms. The number of nitrogens with zero attached hydrogens (tertiary/aromatic N) is 1. The number of likely N-dealkylation sites (tertiary alicyclic amines) is 1. The van der Waals surface area contributed by atoms with E-state index in [1.165, 1.54) is 12.8 Å². The topological polar surface area (TPSA) is 49.5 Å². The van der Waals surface area contributed by atoms with E-state index in [-0.39, 0.29) is 12.1 Å². The Hall–Kier alpha value is -0.120. The minimum atomic E-state index is -0.119. The monoisotopic (exact) mass is 198 g/mol. The van der Waals surface area contributed by atoms with E-state index >= 15 is 0 Å². The van der Waals surface area contributed by atoms with Crippen LogP contribution in [0.3, 0.4) is 0 Å². The number of hydrogen-bond acceptors (Lipinski definition) is 3. The zero-order chi connectivity index (χ0) is 10.2. The average Bonchev–Trinajstić information content (AvgIpc) is 2.92. The molecule has 3 nitrogen and oxygen atoms in total. The first kappa shape index (κ1) is 10.4. The fraction of sp³-hybridized carbons (Fsp3) is 1.00. The summed E-state index contributed by atoms with van der Waals surface area (Å²) in [5, 5.41) is 9.05. The van der Waals surface area contributed by atoms with E-state index in [0.29, 0.717) is 6.04 Å². The fourth-order valence-corrected chi connectivity index (χ4v) is 2.97. The van der Waals surface area contributed by atoms with E-state index in [4.69, 9.17) is 10.8 Å². The lowest BCUT2D eigenvalue weighted by Gasteiger charge is -2.34. The Morgan fingerprint density at radius 3 is 2.71 bits per heavy atom. The lowest BCUT2D eigenvalue weighted by atomic mass is 9.86. The molecule has 0 aromatic rings. The molecule has 1 saturated carbocycles. The SMILES string of the molecule is CCC1N(C2CC2)CCC1(N)CCO. The van der Waals surface area contributed by atoms with Gasteiger partial charge in [0.2, 0.25) is 0 Å². The molecule has 0 spiro atoms. The maximum Gasteiger partial charge on any atom is 0.0449 e. The van der Waals surface area contributed by atoms with Crippen molar-refractivity contribution in [1.82, 2.24) is 4.90 Å². The van der Waals surface area contributed by atoms with Gasteiger partial charge in [0.25, 0.3) is 0 Å². The molecule has 2 fully saturated rings. The minimum Gasteiger partial charge on any atom is -0.396 e. The van der Waals surface area contributed by atoms with Gasteiger partial charge in [-0.15, -0.1) is 0 Å². The van der Waals surface area contributed by atoms with E-state index in [9.17, 15) is 0 Å². The highest BCUT2D eigenvalue weighted by atomic mass is 16.3. The van der Waals surface area contributed by atoms with Crippen LogP contribution in [0.15, 0.2) is 0 Å². The van der Waals surface area contributed by atoms with E-state index < -0.39 is 0 Å². The molecule has 1 aliphatic heterocycles. The Kier molecular flexibility index (Phi) is 2.82. The zero-order valence-corrected chi connectivity index (χ0v) is 9.08. The Bertz CT molecular complexity index is 205. The summed E-state index contributed by atoms with van der Waals surface area (Å²) in [5.74, 6) is 0. The number of nitrogens with two attached hydrogens (primary N) is 1. The summed E-state index contributed by atoms with van der Waals surface area (Å²) in [6.07, 6.45) is 5.64. The molecule has 0 radical (unpaired) electrons. The molecule has 1 aliphatic carbocycles. The summed E-state index contributed by atoms with van der Waals surface area (Å²) in [7, 11) is 0. The van der Waals surface area contributed by atoms with Gasteiger partial charge in [-0.1, -0.05) is 6.92 Å². The molecule has 3 N–H and O–H groups in total. The van der Waals surface area contributed by atoms with Crippen molar-refractivity contribution < 1.29 is 5.11 Å². The Labute approximate surface area is 86.3 Å². The van der Waals surface area contributed by atoms with Gasteiger partial charge >= 0.3 is 0 Å². The predicted octanol–water partition coefficient (Wildman–Crippen LogP) is 0.713. The second kappa shape index (κ2) is 3.80. The van der Waals surface area contributed by atoms with Gasteiger partial charge in [-0.3, -0.25) is 4.90 Å². The largest absolute Gasteiger partial charge is 0.396 e. The van der Waals surface area contributed by atoms with Crippen molar-refractivity contribution in [2.24, 2.45) is 5.73 Å². The van der Waals surface area contributed by atoms with Crippen molar-refractivity contribution in [3.05, 3.63) is 0 Å². The third-order valence-electron chi connectivity index (χ3n) is 3.88. The van der Waals surface area contributed by atoms with E-state index in [1.807, 2.05) is 0 Å². The quantitative estimate of drug-likeness (QED) is 0.699. The van der Waals surface area contributed by atoms with Crippen molar-refractivity contribution in [2.45, 2.75) is 56.7 Å². The number of hydrogen-bond donors (Lipinski definition) is 2. The summed E-state index contributed by atoms with van der Waals surface area (Å²) in [6, 6.07) is 1.31. The highest BCUT2D eigenvalue weighted by Gasteiger charge is 2.47. The van der Waals surface area contributed by atoms with Gasteiger partial charge in [-0.2, -0.15) is 0 Å². The maximum atomic E-state index is 9.05. The highest BCUT2D eigenvalue weighted by Crippen LogP contribution is 2.39. The Balaban J connectivity index is 2.04. The average molecular weight is 198 g/mol. The second-order valence-corrected chi connectivity index (χ2v) is 4.85. The minimum absolute atomic E-state index is 0.119. The van der Waals surface area contributed by atoms with Gasteiger partial charge in [-0.05, 0) is 32.1 Å². The Morgan fingerprint density at radius 2 is 2.21 bits per heavy atom. The van der Waals surface area contributed by atoms with Crippen LogP contribution in [0.4, 0.5) is 0 Å². The van der Waals surface area contributed by atoms with Crippen LogP contribution < -0.4 is 5.73 Å². The van der Waals surface area contributed by atoms with Crippen molar-refractivity contribution in [1.29, 1.82) is 0 Å². The number of aliphatic hydroxyl groups excluding tert-OH is 1. The van der Waals surface area contributed by atoms with Crippen LogP contribution in [-0.4, -0.2) is 40.8 Å². The summed E-state index contributed by atoms with van der Waals surface area (Å²) in [6.45, 7) is 3.58. The van der Waals surface area contributed by atoms with Gasteiger partial charge in [0, 0.05) is 30.8 Å². The molecule has 1 heterocycles.